The molecule has 0 saturated carbocycles. The van der Waals surface area contributed by atoms with Gasteiger partial charge in [0, 0.05) is 18.8 Å². The number of anilines is 1. The van der Waals surface area contributed by atoms with Gasteiger partial charge in [-0.3, -0.25) is 9.69 Å². The Morgan fingerprint density at radius 1 is 1.06 bits per heavy atom. The van der Waals surface area contributed by atoms with Gasteiger partial charge in [0.05, 0.1) is 18.7 Å². The maximum atomic E-state index is 13.3. The summed E-state index contributed by atoms with van der Waals surface area (Å²) in [5.41, 5.74) is 0.480. The van der Waals surface area contributed by atoms with E-state index in [1.54, 1.807) is 30.3 Å². The Morgan fingerprint density at radius 3 is 2.35 bits per heavy atom. The Morgan fingerprint density at radius 2 is 1.74 bits per heavy atom. The van der Waals surface area contributed by atoms with Crippen LogP contribution in [0.4, 0.5) is 5.69 Å². The van der Waals surface area contributed by atoms with Crippen LogP contribution < -0.4 is 9.64 Å². The van der Waals surface area contributed by atoms with Crippen LogP contribution in [0.15, 0.2) is 53.4 Å². The molecule has 180 valence electrons. The molecule has 1 saturated heterocycles. The van der Waals surface area contributed by atoms with E-state index in [4.69, 9.17) is 14.7 Å². The van der Waals surface area contributed by atoms with Crippen molar-refractivity contribution in [1.82, 2.24) is 4.31 Å². The molecule has 1 aliphatic heterocycles. The van der Waals surface area contributed by atoms with Crippen molar-refractivity contribution in [3.05, 3.63) is 54.1 Å². The highest BCUT2D eigenvalue weighted by Crippen LogP contribution is 2.29. The first-order chi connectivity index (χ1) is 16.4. The number of amides is 1. The number of nitriles is 1. The first-order valence-electron chi connectivity index (χ1n) is 11.0. The summed E-state index contributed by atoms with van der Waals surface area (Å²) in [6, 6.07) is 14.5. The van der Waals surface area contributed by atoms with E-state index in [2.05, 4.69) is 0 Å². The van der Waals surface area contributed by atoms with Crippen molar-refractivity contribution >= 4 is 27.6 Å². The molecule has 0 bridgehead atoms. The molecule has 2 aromatic rings. The van der Waals surface area contributed by atoms with Gasteiger partial charge in [0.2, 0.25) is 10.0 Å². The predicted octanol–water partition coefficient (Wildman–Crippen LogP) is 2.97. The lowest BCUT2D eigenvalue weighted by molar-refractivity contribution is -0.121. The first kappa shape index (κ1) is 25.2. The Balaban J connectivity index is 1.77. The number of para-hydroxylation sites is 1. The summed E-state index contributed by atoms with van der Waals surface area (Å²) in [5, 5.41) is 9.06. The van der Waals surface area contributed by atoms with Crippen molar-refractivity contribution in [3.63, 3.8) is 0 Å². The highest BCUT2D eigenvalue weighted by Gasteiger charge is 2.29. The molecule has 0 radical (unpaired) electrons. The van der Waals surface area contributed by atoms with Crippen LogP contribution in [0.25, 0.3) is 0 Å². The summed E-state index contributed by atoms with van der Waals surface area (Å²) in [4.78, 5) is 26.4. The number of esters is 1. The molecule has 9 nitrogen and oxygen atoms in total. The molecule has 0 aromatic heterocycles. The minimum absolute atomic E-state index is 0.0199. The monoisotopic (exact) mass is 485 g/mol. The quantitative estimate of drug-likeness (QED) is 0.417. The van der Waals surface area contributed by atoms with Crippen LogP contribution in [0, 0.1) is 11.3 Å². The van der Waals surface area contributed by atoms with E-state index in [0.29, 0.717) is 18.8 Å². The summed E-state index contributed by atoms with van der Waals surface area (Å²) in [6.45, 7) is 0.00254. The molecular weight excluding hydrogens is 458 g/mol. The average Bonchev–Trinajstić information content (AvgIpc) is 3.16. The maximum absolute atomic E-state index is 13.3. The van der Waals surface area contributed by atoms with E-state index < -0.39 is 28.5 Å². The fourth-order valence-electron chi connectivity index (χ4n) is 3.72. The zero-order valence-electron chi connectivity index (χ0n) is 19.0. The van der Waals surface area contributed by atoms with Crippen LogP contribution in [0.2, 0.25) is 0 Å². The lowest BCUT2D eigenvalue weighted by atomic mass is 10.2. The molecule has 1 fully saturated rings. The Hall–Kier alpha value is -3.42. The highest BCUT2D eigenvalue weighted by molar-refractivity contribution is 7.89. The number of nitrogens with zero attached hydrogens (tertiary/aromatic N) is 3. The van der Waals surface area contributed by atoms with Gasteiger partial charge in [-0.1, -0.05) is 31.0 Å². The van der Waals surface area contributed by atoms with E-state index in [-0.39, 0.29) is 22.8 Å². The minimum Gasteiger partial charge on any atom is -0.495 e. The van der Waals surface area contributed by atoms with Crippen LogP contribution in [0.3, 0.4) is 0 Å². The van der Waals surface area contributed by atoms with Gasteiger partial charge in [-0.05, 0) is 43.2 Å². The molecule has 1 heterocycles. The first-order valence-corrected chi connectivity index (χ1v) is 12.4. The third kappa shape index (κ3) is 5.92. The van der Waals surface area contributed by atoms with Crippen LogP contribution in [-0.4, -0.2) is 58.0 Å². The zero-order chi connectivity index (χ0) is 24.6. The standard InChI is InChI=1S/C24H27N3O6S/c1-32-21-12-11-19(17-22(21)34(30,31)26-14-7-2-3-8-15-26)24(29)33-18-23(28)27(16-13-25)20-9-5-4-6-10-20/h4-6,9-12,17H,2-3,7-8,14-16,18H2,1H3. The molecule has 0 atom stereocenters. The van der Waals surface area contributed by atoms with Crippen molar-refractivity contribution < 1.29 is 27.5 Å². The summed E-state index contributed by atoms with van der Waals surface area (Å²) < 4.78 is 38.4. The second kappa shape index (κ2) is 11.6. The fraction of sp³-hybridized carbons (Fsp3) is 0.375. The SMILES string of the molecule is COc1ccc(C(=O)OCC(=O)N(CC#N)c2ccccc2)cc1S(=O)(=O)N1CCCCCC1. The molecule has 0 N–H and O–H groups in total. The Bertz CT molecular complexity index is 1150. The van der Waals surface area contributed by atoms with Gasteiger partial charge in [-0.2, -0.15) is 9.57 Å². The number of sulfonamides is 1. The van der Waals surface area contributed by atoms with Crippen molar-refractivity contribution in [2.75, 3.05) is 38.3 Å². The molecule has 0 aliphatic carbocycles. The lowest BCUT2D eigenvalue weighted by Gasteiger charge is -2.22. The van der Waals surface area contributed by atoms with Gasteiger partial charge in [0.25, 0.3) is 5.91 Å². The average molecular weight is 486 g/mol. The molecule has 3 rings (SSSR count). The number of carbonyl (C=O) groups is 2. The third-order valence-electron chi connectivity index (χ3n) is 5.51. The Kier molecular flexibility index (Phi) is 8.62. The number of carbonyl (C=O) groups excluding carboxylic acids is 2. The van der Waals surface area contributed by atoms with E-state index in [1.807, 2.05) is 6.07 Å². The molecule has 10 heteroatoms. The topological polar surface area (TPSA) is 117 Å². The molecule has 0 spiro atoms. The second-order valence-corrected chi connectivity index (χ2v) is 9.64. The number of hydrogen-bond acceptors (Lipinski definition) is 7. The molecule has 1 amide bonds. The number of hydrogen-bond donors (Lipinski definition) is 0. The van der Waals surface area contributed by atoms with Gasteiger partial charge in [0.1, 0.15) is 17.2 Å². The molecule has 1 aliphatic rings. The zero-order valence-corrected chi connectivity index (χ0v) is 19.8. The van der Waals surface area contributed by atoms with Crippen molar-refractivity contribution in [3.8, 4) is 11.8 Å². The number of benzene rings is 2. The highest BCUT2D eigenvalue weighted by atomic mass is 32.2. The van der Waals surface area contributed by atoms with E-state index in [0.717, 1.165) is 25.7 Å². The summed E-state index contributed by atoms with van der Waals surface area (Å²) in [6.07, 6.45) is 3.47. The van der Waals surface area contributed by atoms with Crippen molar-refractivity contribution in [2.24, 2.45) is 0 Å². The van der Waals surface area contributed by atoms with Gasteiger partial charge in [0.15, 0.2) is 6.61 Å². The number of ether oxygens (including phenoxy) is 2. The van der Waals surface area contributed by atoms with Gasteiger partial charge < -0.3 is 9.47 Å². The van der Waals surface area contributed by atoms with Crippen LogP contribution >= 0.6 is 0 Å². The number of rotatable bonds is 8. The normalized spacial score (nSPS) is 14.5. The Labute approximate surface area is 199 Å². The van der Waals surface area contributed by atoms with E-state index >= 15 is 0 Å². The van der Waals surface area contributed by atoms with Crippen molar-refractivity contribution in [1.29, 1.82) is 5.26 Å². The summed E-state index contributed by atoms with van der Waals surface area (Å²) in [5.74, 6) is -1.30. The van der Waals surface area contributed by atoms with Gasteiger partial charge in [-0.15, -0.1) is 0 Å². The van der Waals surface area contributed by atoms with Crippen LogP contribution in [0.5, 0.6) is 5.75 Å². The summed E-state index contributed by atoms with van der Waals surface area (Å²) in [7, 11) is -2.52. The van der Waals surface area contributed by atoms with E-state index in [9.17, 15) is 18.0 Å². The smallest absolute Gasteiger partial charge is 0.338 e. The lowest BCUT2D eigenvalue weighted by Crippen LogP contribution is -2.35. The molecular formula is C24H27N3O6S. The number of methoxy groups -OCH3 is 1. The molecule has 2 aromatic carbocycles. The maximum Gasteiger partial charge on any atom is 0.338 e. The third-order valence-corrected chi connectivity index (χ3v) is 7.43. The van der Waals surface area contributed by atoms with Crippen LogP contribution in [-0.2, 0) is 19.6 Å². The largest absolute Gasteiger partial charge is 0.495 e. The molecule has 34 heavy (non-hydrogen) atoms. The van der Waals surface area contributed by atoms with E-state index in [1.165, 1.54) is 34.5 Å². The predicted molar refractivity (Wildman–Crippen MR) is 125 cm³/mol. The minimum atomic E-state index is -3.88. The van der Waals surface area contributed by atoms with Gasteiger partial charge >= 0.3 is 5.97 Å². The van der Waals surface area contributed by atoms with Crippen molar-refractivity contribution in [2.45, 2.75) is 30.6 Å². The summed E-state index contributed by atoms with van der Waals surface area (Å²) >= 11 is 0. The second-order valence-electron chi connectivity index (χ2n) is 7.73. The fourth-order valence-corrected chi connectivity index (χ4v) is 5.42. The molecule has 0 unspecified atom stereocenters. The van der Waals surface area contributed by atoms with Crippen LogP contribution in [0.1, 0.15) is 36.0 Å². The van der Waals surface area contributed by atoms with Gasteiger partial charge in [-0.25, -0.2) is 13.2 Å².